The van der Waals surface area contributed by atoms with E-state index in [1.165, 1.54) is 17.0 Å². The lowest BCUT2D eigenvalue weighted by molar-refractivity contribution is -0.142. The maximum absolute atomic E-state index is 13.2. The summed E-state index contributed by atoms with van der Waals surface area (Å²) in [6.45, 7) is 4.19. The highest BCUT2D eigenvalue weighted by molar-refractivity contribution is 5.87. The standard InChI is InChI=1S/C21H25FN2O3/c1-3-13-23-21(26)16(2)24(14-17-9-11-18(22)12-10-17)20(25)15-27-19-7-5-4-6-8-19/h4-12,16H,3,13-15H2,1-2H3,(H,23,26). The molecule has 2 aromatic carbocycles. The van der Waals surface area contributed by atoms with Crippen molar-refractivity contribution in [1.82, 2.24) is 10.2 Å². The van der Waals surface area contributed by atoms with E-state index in [2.05, 4.69) is 5.32 Å². The molecule has 0 radical (unpaired) electrons. The third kappa shape index (κ3) is 6.40. The molecule has 0 aliphatic heterocycles. The van der Waals surface area contributed by atoms with Crippen LogP contribution in [-0.4, -0.2) is 35.9 Å². The molecule has 0 aliphatic carbocycles. The summed E-state index contributed by atoms with van der Waals surface area (Å²) in [7, 11) is 0. The van der Waals surface area contributed by atoms with Gasteiger partial charge in [0.15, 0.2) is 6.61 Å². The summed E-state index contributed by atoms with van der Waals surface area (Å²) in [5, 5.41) is 2.80. The van der Waals surface area contributed by atoms with Crippen molar-refractivity contribution >= 4 is 11.8 Å². The second kappa shape index (κ2) is 10.3. The molecule has 5 nitrogen and oxygen atoms in total. The van der Waals surface area contributed by atoms with Crippen LogP contribution in [0.4, 0.5) is 4.39 Å². The largest absolute Gasteiger partial charge is 0.484 e. The van der Waals surface area contributed by atoms with Gasteiger partial charge in [-0.2, -0.15) is 0 Å². The number of halogens is 1. The number of para-hydroxylation sites is 1. The minimum Gasteiger partial charge on any atom is -0.484 e. The van der Waals surface area contributed by atoms with E-state index in [0.29, 0.717) is 12.3 Å². The molecule has 1 N–H and O–H groups in total. The first-order valence-electron chi connectivity index (χ1n) is 9.00. The molecule has 2 aromatic rings. The van der Waals surface area contributed by atoms with E-state index in [1.54, 1.807) is 31.2 Å². The average molecular weight is 372 g/mol. The summed E-state index contributed by atoms with van der Waals surface area (Å²) in [5.74, 6) is -0.317. The van der Waals surface area contributed by atoms with E-state index in [-0.39, 0.29) is 30.8 Å². The molecule has 2 amide bonds. The number of nitrogens with zero attached hydrogens (tertiary/aromatic N) is 1. The van der Waals surface area contributed by atoms with Crippen LogP contribution in [0.15, 0.2) is 54.6 Å². The first kappa shape index (κ1) is 20.4. The lowest BCUT2D eigenvalue weighted by atomic mass is 10.1. The topological polar surface area (TPSA) is 58.6 Å². The van der Waals surface area contributed by atoms with Crippen molar-refractivity contribution in [3.8, 4) is 5.75 Å². The fourth-order valence-corrected chi connectivity index (χ4v) is 2.51. The Hall–Kier alpha value is -2.89. The van der Waals surface area contributed by atoms with Gasteiger partial charge in [-0.1, -0.05) is 37.3 Å². The Morgan fingerprint density at radius 3 is 2.41 bits per heavy atom. The first-order valence-corrected chi connectivity index (χ1v) is 9.00. The van der Waals surface area contributed by atoms with Crippen LogP contribution in [0.1, 0.15) is 25.8 Å². The SMILES string of the molecule is CCCNC(=O)C(C)N(Cc1ccc(F)cc1)C(=O)COc1ccccc1. The molecule has 0 saturated carbocycles. The van der Waals surface area contributed by atoms with Gasteiger partial charge < -0.3 is 15.0 Å². The Balaban J connectivity index is 2.10. The second-order valence-electron chi connectivity index (χ2n) is 6.22. The molecule has 0 bridgehead atoms. The molecule has 27 heavy (non-hydrogen) atoms. The lowest BCUT2D eigenvalue weighted by Gasteiger charge is -2.28. The van der Waals surface area contributed by atoms with Crippen molar-refractivity contribution in [1.29, 1.82) is 0 Å². The van der Waals surface area contributed by atoms with Gasteiger partial charge in [-0.3, -0.25) is 9.59 Å². The number of benzene rings is 2. The molecule has 0 fully saturated rings. The van der Waals surface area contributed by atoms with Gasteiger partial charge >= 0.3 is 0 Å². The highest BCUT2D eigenvalue weighted by atomic mass is 19.1. The van der Waals surface area contributed by atoms with Crippen LogP contribution in [0.3, 0.4) is 0 Å². The zero-order valence-electron chi connectivity index (χ0n) is 15.7. The van der Waals surface area contributed by atoms with E-state index in [0.717, 1.165) is 12.0 Å². The van der Waals surface area contributed by atoms with Crippen LogP contribution in [0.25, 0.3) is 0 Å². The van der Waals surface area contributed by atoms with Gasteiger partial charge in [-0.25, -0.2) is 4.39 Å². The highest BCUT2D eigenvalue weighted by Crippen LogP contribution is 2.13. The molecule has 2 rings (SSSR count). The summed E-state index contributed by atoms with van der Waals surface area (Å²) < 4.78 is 18.7. The van der Waals surface area contributed by atoms with E-state index >= 15 is 0 Å². The van der Waals surface area contributed by atoms with Gasteiger partial charge in [0.1, 0.15) is 17.6 Å². The molecule has 0 saturated heterocycles. The molecular weight excluding hydrogens is 347 g/mol. The molecule has 144 valence electrons. The van der Waals surface area contributed by atoms with Crippen molar-refractivity contribution in [2.24, 2.45) is 0 Å². The van der Waals surface area contributed by atoms with Gasteiger partial charge in [0.25, 0.3) is 5.91 Å². The number of carbonyl (C=O) groups is 2. The predicted molar refractivity (Wildman–Crippen MR) is 102 cm³/mol. The monoisotopic (exact) mass is 372 g/mol. The zero-order valence-corrected chi connectivity index (χ0v) is 15.7. The van der Waals surface area contributed by atoms with E-state index in [4.69, 9.17) is 4.74 Å². The number of rotatable bonds is 9. The molecule has 1 atom stereocenters. The molecular formula is C21H25FN2O3. The van der Waals surface area contributed by atoms with Gasteiger partial charge in [-0.15, -0.1) is 0 Å². The summed E-state index contributed by atoms with van der Waals surface area (Å²) >= 11 is 0. The summed E-state index contributed by atoms with van der Waals surface area (Å²) in [6, 6.07) is 14.2. The summed E-state index contributed by atoms with van der Waals surface area (Å²) in [4.78, 5) is 26.6. The third-order valence-corrected chi connectivity index (χ3v) is 4.09. The van der Waals surface area contributed by atoms with Crippen LogP contribution in [0, 0.1) is 5.82 Å². The van der Waals surface area contributed by atoms with Crippen molar-refractivity contribution < 1.29 is 18.7 Å². The fourth-order valence-electron chi connectivity index (χ4n) is 2.51. The normalized spacial score (nSPS) is 11.5. The van der Waals surface area contributed by atoms with Gasteiger partial charge in [-0.05, 0) is 43.2 Å². The molecule has 6 heteroatoms. The number of hydrogen-bond acceptors (Lipinski definition) is 3. The molecule has 0 spiro atoms. The van der Waals surface area contributed by atoms with E-state index < -0.39 is 6.04 Å². The van der Waals surface area contributed by atoms with Crippen molar-refractivity contribution in [3.05, 3.63) is 66.0 Å². The zero-order chi connectivity index (χ0) is 19.6. The van der Waals surface area contributed by atoms with Crippen LogP contribution >= 0.6 is 0 Å². The first-order chi connectivity index (χ1) is 13.0. The molecule has 0 heterocycles. The van der Waals surface area contributed by atoms with Crippen molar-refractivity contribution in [3.63, 3.8) is 0 Å². The molecule has 0 aliphatic rings. The average Bonchev–Trinajstić information content (AvgIpc) is 2.70. The maximum atomic E-state index is 13.2. The van der Waals surface area contributed by atoms with Crippen LogP contribution < -0.4 is 10.1 Å². The van der Waals surface area contributed by atoms with Crippen LogP contribution in [-0.2, 0) is 16.1 Å². The van der Waals surface area contributed by atoms with Crippen molar-refractivity contribution in [2.75, 3.05) is 13.2 Å². The minimum atomic E-state index is -0.673. The number of nitrogens with one attached hydrogen (secondary N) is 1. The van der Waals surface area contributed by atoms with E-state index in [1.807, 2.05) is 25.1 Å². The maximum Gasteiger partial charge on any atom is 0.261 e. The fraction of sp³-hybridized carbons (Fsp3) is 0.333. The van der Waals surface area contributed by atoms with Crippen molar-refractivity contribution in [2.45, 2.75) is 32.9 Å². The number of amides is 2. The van der Waals surface area contributed by atoms with Crippen LogP contribution in [0.5, 0.6) is 5.75 Å². The third-order valence-electron chi connectivity index (χ3n) is 4.09. The number of carbonyl (C=O) groups excluding carboxylic acids is 2. The van der Waals surface area contributed by atoms with Crippen LogP contribution in [0.2, 0.25) is 0 Å². The lowest BCUT2D eigenvalue weighted by Crippen LogP contribution is -2.49. The smallest absolute Gasteiger partial charge is 0.261 e. The number of hydrogen-bond donors (Lipinski definition) is 1. The Morgan fingerprint density at radius 2 is 1.78 bits per heavy atom. The highest BCUT2D eigenvalue weighted by Gasteiger charge is 2.26. The Labute approximate surface area is 159 Å². The Bertz CT molecular complexity index is 735. The van der Waals surface area contributed by atoms with Gasteiger partial charge in [0.2, 0.25) is 5.91 Å². The van der Waals surface area contributed by atoms with E-state index in [9.17, 15) is 14.0 Å². The van der Waals surface area contributed by atoms with Gasteiger partial charge in [0, 0.05) is 13.1 Å². The Morgan fingerprint density at radius 1 is 1.11 bits per heavy atom. The summed E-state index contributed by atoms with van der Waals surface area (Å²) in [5.41, 5.74) is 0.736. The summed E-state index contributed by atoms with van der Waals surface area (Å²) in [6.07, 6.45) is 0.807. The minimum absolute atomic E-state index is 0.184. The van der Waals surface area contributed by atoms with Gasteiger partial charge in [0.05, 0.1) is 0 Å². The Kier molecular flexibility index (Phi) is 7.79. The number of ether oxygens (including phenoxy) is 1. The quantitative estimate of drug-likeness (QED) is 0.736. The molecule has 1 unspecified atom stereocenters. The second-order valence-corrected chi connectivity index (χ2v) is 6.22. The molecule has 0 aromatic heterocycles. The predicted octanol–water partition coefficient (Wildman–Crippen LogP) is 3.15.